The Bertz CT molecular complexity index is 225. The number of hydrogen-bond acceptors (Lipinski definition) is 3. The van der Waals surface area contributed by atoms with Gasteiger partial charge in [-0.2, -0.15) is 0 Å². The van der Waals surface area contributed by atoms with E-state index in [0.29, 0.717) is 6.61 Å². The van der Waals surface area contributed by atoms with Gasteiger partial charge in [0.2, 0.25) is 0 Å². The van der Waals surface area contributed by atoms with Crippen LogP contribution in [0.25, 0.3) is 0 Å². The molecule has 0 atom stereocenters. The van der Waals surface area contributed by atoms with Gasteiger partial charge in [-0.15, -0.1) is 0 Å². The van der Waals surface area contributed by atoms with Crippen molar-refractivity contribution < 1.29 is 14.0 Å². The predicted molar refractivity (Wildman–Crippen MR) is 73.5 cm³/mol. The van der Waals surface area contributed by atoms with Crippen LogP contribution < -0.4 is 0 Å². The van der Waals surface area contributed by atoms with Crippen LogP contribution in [0.5, 0.6) is 0 Å². The molecule has 0 saturated carbocycles. The van der Waals surface area contributed by atoms with Gasteiger partial charge < -0.3 is 9.16 Å². The Morgan fingerprint density at radius 3 is 2.35 bits per heavy atom. The van der Waals surface area contributed by atoms with Crippen LogP contribution in [0.2, 0.25) is 18.1 Å². The lowest BCUT2D eigenvalue weighted by Crippen LogP contribution is -2.38. The Morgan fingerprint density at radius 1 is 1.24 bits per heavy atom. The summed E-state index contributed by atoms with van der Waals surface area (Å²) < 4.78 is 11.2. The van der Waals surface area contributed by atoms with Gasteiger partial charge in [0.25, 0.3) is 0 Å². The zero-order chi connectivity index (χ0) is 13.1. The molecule has 0 aliphatic rings. The molecule has 0 radical (unpaired) electrons. The van der Waals surface area contributed by atoms with Crippen LogP contribution >= 0.6 is 0 Å². The van der Waals surface area contributed by atoms with Crippen molar-refractivity contribution in [2.45, 2.75) is 51.7 Å². The molecule has 0 rings (SSSR count). The number of carbonyl (C=O) groups is 1. The standard InChI is InChI=1S/C13H26O3Si/c1-5-9-10-16-17(7-3,8-4)12-11-15-13(14)6-2/h6H,2,5,7-12H2,1,3-4H3. The van der Waals surface area contributed by atoms with Crippen molar-refractivity contribution in [3.8, 4) is 0 Å². The minimum atomic E-state index is -1.67. The molecule has 0 aliphatic heterocycles. The van der Waals surface area contributed by atoms with Crippen molar-refractivity contribution in [1.82, 2.24) is 0 Å². The third-order valence-electron chi connectivity index (χ3n) is 3.16. The molecule has 0 amide bonds. The highest BCUT2D eigenvalue weighted by Gasteiger charge is 2.30. The first-order valence-corrected chi connectivity index (χ1v) is 9.10. The Kier molecular flexibility index (Phi) is 9.08. The molecule has 4 heteroatoms. The maximum Gasteiger partial charge on any atom is 0.330 e. The highest BCUT2D eigenvalue weighted by molar-refractivity contribution is 6.73. The quantitative estimate of drug-likeness (QED) is 0.260. The van der Waals surface area contributed by atoms with E-state index >= 15 is 0 Å². The Labute approximate surface area is 106 Å². The van der Waals surface area contributed by atoms with Crippen molar-refractivity contribution in [3.63, 3.8) is 0 Å². The Balaban J connectivity index is 4.10. The van der Waals surface area contributed by atoms with E-state index in [-0.39, 0.29) is 5.97 Å². The lowest BCUT2D eigenvalue weighted by atomic mass is 10.4. The van der Waals surface area contributed by atoms with E-state index in [0.717, 1.165) is 37.6 Å². The molecule has 100 valence electrons. The highest BCUT2D eigenvalue weighted by atomic mass is 28.4. The van der Waals surface area contributed by atoms with Crippen molar-refractivity contribution >= 4 is 14.3 Å². The number of esters is 1. The maximum atomic E-state index is 11.0. The highest BCUT2D eigenvalue weighted by Crippen LogP contribution is 2.22. The van der Waals surface area contributed by atoms with Gasteiger partial charge in [0.15, 0.2) is 8.32 Å². The molecule has 17 heavy (non-hydrogen) atoms. The summed E-state index contributed by atoms with van der Waals surface area (Å²) >= 11 is 0. The summed E-state index contributed by atoms with van der Waals surface area (Å²) in [4.78, 5) is 11.0. The number of ether oxygens (including phenoxy) is 1. The van der Waals surface area contributed by atoms with Crippen LogP contribution in [0.4, 0.5) is 0 Å². The second-order valence-corrected chi connectivity index (χ2v) is 8.78. The monoisotopic (exact) mass is 258 g/mol. The molecule has 0 saturated heterocycles. The molecule has 0 spiro atoms. The van der Waals surface area contributed by atoms with E-state index in [1.165, 1.54) is 6.08 Å². The van der Waals surface area contributed by atoms with E-state index in [4.69, 9.17) is 9.16 Å². The van der Waals surface area contributed by atoms with E-state index in [9.17, 15) is 4.79 Å². The Hall–Kier alpha value is -0.613. The average Bonchev–Trinajstić information content (AvgIpc) is 2.37. The summed E-state index contributed by atoms with van der Waals surface area (Å²) in [6.07, 6.45) is 3.48. The zero-order valence-electron chi connectivity index (χ0n) is 11.5. The summed E-state index contributed by atoms with van der Waals surface area (Å²) in [5.41, 5.74) is 0. The van der Waals surface area contributed by atoms with Gasteiger partial charge in [0.05, 0.1) is 6.61 Å². The number of hydrogen-bond donors (Lipinski definition) is 0. The summed E-state index contributed by atoms with van der Waals surface area (Å²) in [6, 6.07) is 3.06. The second kappa shape index (κ2) is 9.42. The number of rotatable bonds is 10. The second-order valence-electron chi connectivity index (χ2n) is 4.21. The Morgan fingerprint density at radius 2 is 1.88 bits per heavy atom. The molecule has 0 N–H and O–H groups in total. The fourth-order valence-electron chi connectivity index (χ4n) is 1.71. The molecule has 0 bridgehead atoms. The predicted octanol–water partition coefficient (Wildman–Crippen LogP) is 3.52. The normalized spacial score (nSPS) is 11.2. The summed E-state index contributed by atoms with van der Waals surface area (Å²) in [5, 5.41) is 0. The van der Waals surface area contributed by atoms with Gasteiger partial charge in [-0.25, -0.2) is 4.79 Å². The minimum absolute atomic E-state index is 0.339. The van der Waals surface area contributed by atoms with Crippen molar-refractivity contribution in [2.24, 2.45) is 0 Å². The first-order valence-electron chi connectivity index (χ1n) is 6.57. The molecule has 0 aromatic carbocycles. The van der Waals surface area contributed by atoms with Gasteiger partial charge in [0, 0.05) is 18.7 Å². The molecule has 0 aliphatic carbocycles. The van der Waals surface area contributed by atoms with Crippen molar-refractivity contribution in [3.05, 3.63) is 12.7 Å². The molecular formula is C13H26O3Si. The average molecular weight is 258 g/mol. The molecule has 3 nitrogen and oxygen atoms in total. The topological polar surface area (TPSA) is 35.5 Å². The van der Waals surface area contributed by atoms with Crippen molar-refractivity contribution in [1.29, 1.82) is 0 Å². The van der Waals surface area contributed by atoms with Gasteiger partial charge >= 0.3 is 5.97 Å². The zero-order valence-corrected chi connectivity index (χ0v) is 12.5. The van der Waals surface area contributed by atoms with Gasteiger partial charge in [0.1, 0.15) is 0 Å². The number of carbonyl (C=O) groups excluding carboxylic acids is 1. The van der Waals surface area contributed by atoms with E-state index in [2.05, 4.69) is 27.4 Å². The smallest absolute Gasteiger partial charge is 0.330 e. The van der Waals surface area contributed by atoms with Crippen LogP contribution in [0.15, 0.2) is 12.7 Å². The molecule has 0 aromatic heterocycles. The van der Waals surface area contributed by atoms with Gasteiger partial charge in [-0.3, -0.25) is 0 Å². The molecule has 0 aromatic rings. The molecule has 0 unspecified atom stereocenters. The third-order valence-corrected chi connectivity index (χ3v) is 7.67. The SMILES string of the molecule is C=CC(=O)OCC[Si](CC)(CC)OCCCC. The van der Waals surface area contributed by atoms with Crippen LogP contribution in [0.1, 0.15) is 33.6 Å². The third kappa shape index (κ3) is 6.63. The number of unbranched alkanes of at least 4 members (excludes halogenated alkanes) is 1. The molecule has 0 fully saturated rings. The van der Waals surface area contributed by atoms with Crippen LogP contribution in [-0.4, -0.2) is 27.5 Å². The summed E-state index contributed by atoms with van der Waals surface area (Å²) in [5.74, 6) is -0.339. The van der Waals surface area contributed by atoms with Gasteiger partial charge in [-0.1, -0.05) is 33.8 Å². The van der Waals surface area contributed by atoms with Gasteiger partial charge in [-0.05, 0) is 18.5 Å². The molecule has 0 heterocycles. The van der Waals surface area contributed by atoms with Crippen LogP contribution in [0, 0.1) is 0 Å². The fourth-order valence-corrected chi connectivity index (χ4v) is 4.52. The largest absolute Gasteiger partial charge is 0.463 e. The lowest BCUT2D eigenvalue weighted by molar-refractivity contribution is -0.137. The lowest BCUT2D eigenvalue weighted by Gasteiger charge is -2.29. The molecular weight excluding hydrogens is 232 g/mol. The van der Waals surface area contributed by atoms with E-state index in [1.807, 2.05) is 0 Å². The van der Waals surface area contributed by atoms with E-state index in [1.54, 1.807) is 0 Å². The van der Waals surface area contributed by atoms with Crippen molar-refractivity contribution in [2.75, 3.05) is 13.2 Å². The maximum absolute atomic E-state index is 11.0. The first-order chi connectivity index (χ1) is 8.14. The minimum Gasteiger partial charge on any atom is -0.463 e. The van der Waals surface area contributed by atoms with Crippen LogP contribution in [-0.2, 0) is 14.0 Å². The summed E-state index contributed by atoms with van der Waals surface area (Å²) in [6.45, 7) is 11.2. The van der Waals surface area contributed by atoms with E-state index < -0.39 is 8.32 Å². The summed E-state index contributed by atoms with van der Waals surface area (Å²) in [7, 11) is -1.67. The first kappa shape index (κ1) is 16.4. The van der Waals surface area contributed by atoms with Crippen LogP contribution in [0.3, 0.4) is 0 Å². The fraction of sp³-hybridized carbons (Fsp3) is 0.769.